The first-order valence-electron chi connectivity index (χ1n) is 6.34. The molecule has 0 aliphatic heterocycles. The molecule has 0 aliphatic rings. The van der Waals surface area contributed by atoms with E-state index in [1.807, 2.05) is 12.1 Å². The second-order valence-corrected chi connectivity index (χ2v) is 4.63. The van der Waals surface area contributed by atoms with E-state index in [-0.39, 0.29) is 5.92 Å². The molecule has 4 nitrogen and oxygen atoms in total. The topological polar surface area (TPSA) is 67.6 Å². The average molecular weight is 252 g/mol. The average Bonchev–Trinajstić information content (AvgIpc) is 2.78. The summed E-state index contributed by atoms with van der Waals surface area (Å²) in [6.07, 6.45) is 5.18. The number of para-hydroxylation sites is 1. The van der Waals surface area contributed by atoms with E-state index in [0.29, 0.717) is 6.54 Å². The van der Waals surface area contributed by atoms with Crippen molar-refractivity contribution >= 4 is 10.9 Å². The van der Waals surface area contributed by atoms with Gasteiger partial charge in [-0.3, -0.25) is 9.97 Å². The molecule has 0 spiro atoms. The summed E-state index contributed by atoms with van der Waals surface area (Å²) >= 11 is 0. The fraction of sp³-hybridized carbons (Fsp3) is 0.200. The lowest BCUT2D eigenvalue weighted by molar-refractivity contribution is 0.779. The van der Waals surface area contributed by atoms with Gasteiger partial charge in [-0.25, -0.2) is 0 Å². The molecule has 19 heavy (non-hydrogen) atoms. The molecule has 2 heterocycles. The van der Waals surface area contributed by atoms with E-state index in [1.54, 1.807) is 18.6 Å². The number of H-pyrrole nitrogens is 1. The fourth-order valence-corrected chi connectivity index (χ4v) is 2.62. The van der Waals surface area contributed by atoms with Crippen molar-refractivity contribution in [1.82, 2.24) is 15.0 Å². The van der Waals surface area contributed by atoms with Crippen LogP contribution in [0.1, 0.15) is 22.9 Å². The van der Waals surface area contributed by atoms with Gasteiger partial charge >= 0.3 is 0 Å². The Morgan fingerprint density at radius 3 is 2.84 bits per heavy atom. The van der Waals surface area contributed by atoms with Gasteiger partial charge in [0.25, 0.3) is 0 Å². The Labute approximate surface area is 111 Å². The summed E-state index contributed by atoms with van der Waals surface area (Å²) < 4.78 is 0. The van der Waals surface area contributed by atoms with Crippen molar-refractivity contribution in [1.29, 1.82) is 0 Å². The Morgan fingerprint density at radius 2 is 2.11 bits per heavy atom. The zero-order valence-corrected chi connectivity index (χ0v) is 10.8. The van der Waals surface area contributed by atoms with Crippen LogP contribution in [-0.2, 0) is 0 Å². The zero-order valence-electron chi connectivity index (χ0n) is 10.8. The Balaban J connectivity index is 2.19. The second-order valence-electron chi connectivity index (χ2n) is 4.63. The highest BCUT2D eigenvalue weighted by molar-refractivity contribution is 5.85. The maximum Gasteiger partial charge on any atom is 0.0674 e. The monoisotopic (exact) mass is 252 g/mol. The van der Waals surface area contributed by atoms with Crippen LogP contribution in [-0.4, -0.2) is 21.5 Å². The van der Waals surface area contributed by atoms with Gasteiger partial charge in [0.05, 0.1) is 5.69 Å². The molecule has 0 fully saturated rings. The molecule has 0 aliphatic carbocycles. The van der Waals surface area contributed by atoms with Gasteiger partial charge in [0, 0.05) is 47.7 Å². The van der Waals surface area contributed by atoms with Crippen molar-refractivity contribution in [2.45, 2.75) is 12.8 Å². The highest BCUT2D eigenvalue weighted by Gasteiger charge is 2.20. The minimum absolute atomic E-state index is 0.0739. The normalized spacial score (nSPS) is 12.7. The van der Waals surface area contributed by atoms with Crippen LogP contribution in [0.5, 0.6) is 0 Å². The summed E-state index contributed by atoms with van der Waals surface area (Å²) in [4.78, 5) is 12.0. The first-order valence-corrected chi connectivity index (χ1v) is 6.34. The molecule has 0 amide bonds. The van der Waals surface area contributed by atoms with E-state index >= 15 is 0 Å². The molecule has 0 saturated carbocycles. The number of nitrogens with zero attached hydrogens (tertiary/aromatic N) is 2. The predicted molar refractivity (Wildman–Crippen MR) is 76.0 cm³/mol. The number of benzene rings is 1. The number of nitrogens with two attached hydrogens (primary N) is 1. The Hall–Kier alpha value is -2.20. The molecule has 1 aromatic carbocycles. The molecular weight excluding hydrogens is 236 g/mol. The van der Waals surface area contributed by atoms with Crippen molar-refractivity contribution in [3.63, 3.8) is 0 Å². The van der Waals surface area contributed by atoms with Crippen molar-refractivity contribution in [3.05, 3.63) is 59.8 Å². The highest BCUT2D eigenvalue weighted by atomic mass is 14.8. The van der Waals surface area contributed by atoms with Gasteiger partial charge in [0.2, 0.25) is 0 Å². The summed E-state index contributed by atoms with van der Waals surface area (Å²) in [5.74, 6) is 0.0739. The number of rotatable bonds is 3. The minimum Gasteiger partial charge on any atom is -0.358 e. The van der Waals surface area contributed by atoms with E-state index in [4.69, 9.17) is 5.73 Å². The van der Waals surface area contributed by atoms with E-state index in [0.717, 1.165) is 16.9 Å². The van der Waals surface area contributed by atoms with Crippen LogP contribution in [0.4, 0.5) is 0 Å². The lowest BCUT2D eigenvalue weighted by Crippen LogP contribution is -2.16. The largest absolute Gasteiger partial charge is 0.358 e. The summed E-state index contributed by atoms with van der Waals surface area (Å²) in [5, 5.41) is 1.21. The third-order valence-electron chi connectivity index (χ3n) is 3.47. The number of aromatic nitrogens is 3. The molecule has 3 rings (SSSR count). The maximum absolute atomic E-state index is 5.97. The van der Waals surface area contributed by atoms with Crippen LogP contribution in [0, 0.1) is 6.92 Å². The third-order valence-corrected chi connectivity index (χ3v) is 3.47. The van der Waals surface area contributed by atoms with Crippen LogP contribution >= 0.6 is 0 Å². The van der Waals surface area contributed by atoms with Crippen LogP contribution in [0.15, 0.2) is 42.9 Å². The summed E-state index contributed by atoms with van der Waals surface area (Å²) in [6, 6.07) is 8.27. The van der Waals surface area contributed by atoms with Crippen LogP contribution < -0.4 is 5.73 Å². The minimum atomic E-state index is 0.0739. The van der Waals surface area contributed by atoms with Crippen LogP contribution in [0.25, 0.3) is 10.9 Å². The molecule has 1 atom stereocenters. The van der Waals surface area contributed by atoms with Gasteiger partial charge in [-0.1, -0.05) is 18.2 Å². The number of aromatic amines is 1. The third kappa shape index (κ3) is 2.00. The summed E-state index contributed by atoms with van der Waals surface area (Å²) in [6.45, 7) is 2.59. The SMILES string of the molecule is Cc1[nH]c2ccccc2c1C(CN)c1cnccn1. The number of hydrogen-bond acceptors (Lipinski definition) is 3. The lowest BCUT2D eigenvalue weighted by Gasteiger charge is -2.14. The van der Waals surface area contributed by atoms with Gasteiger partial charge in [0.1, 0.15) is 0 Å². The maximum atomic E-state index is 5.97. The molecule has 3 aromatic rings. The fourth-order valence-electron chi connectivity index (χ4n) is 2.62. The Kier molecular flexibility index (Phi) is 3.01. The van der Waals surface area contributed by atoms with Crippen LogP contribution in [0.2, 0.25) is 0 Å². The van der Waals surface area contributed by atoms with E-state index in [1.165, 1.54) is 10.9 Å². The van der Waals surface area contributed by atoms with Crippen molar-refractivity contribution in [2.24, 2.45) is 5.73 Å². The first kappa shape index (κ1) is 11.9. The molecule has 0 bridgehead atoms. The number of nitrogens with one attached hydrogen (secondary N) is 1. The molecule has 3 N–H and O–H groups in total. The number of hydrogen-bond donors (Lipinski definition) is 2. The molecule has 0 radical (unpaired) electrons. The molecule has 0 saturated heterocycles. The Morgan fingerprint density at radius 1 is 1.26 bits per heavy atom. The van der Waals surface area contributed by atoms with Gasteiger partial charge in [-0.05, 0) is 18.6 Å². The van der Waals surface area contributed by atoms with Gasteiger partial charge in [-0.2, -0.15) is 0 Å². The lowest BCUT2D eigenvalue weighted by atomic mass is 9.93. The van der Waals surface area contributed by atoms with Crippen molar-refractivity contribution < 1.29 is 0 Å². The van der Waals surface area contributed by atoms with E-state index in [2.05, 4.69) is 34.0 Å². The molecule has 4 heteroatoms. The second kappa shape index (κ2) is 4.82. The van der Waals surface area contributed by atoms with Crippen molar-refractivity contribution in [2.75, 3.05) is 6.54 Å². The standard InChI is InChI=1S/C15H16N4/c1-10-15(11-4-2-3-5-13(11)19-10)12(8-16)14-9-17-6-7-18-14/h2-7,9,12,19H,8,16H2,1H3. The van der Waals surface area contributed by atoms with E-state index < -0.39 is 0 Å². The first-order chi connectivity index (χ1) is 9.31. The zero-order chi connectivity index (χ0) is 13.2. The van der Waals surface area contributed by atoms with Gasteiger partial charge in [-0.15, -0.1) is 0 Å². The van der Waals surface area contributed by atoms with E-state index in [9.17, 15) is 0 Å². The van der Waals surface area contributed by atoms with Gasteiger partial charge < -0.3 is 10.7 Å². The molecular formula is C15H16N4. The quantitative estimate of drug-likeness (QED) is 0.752. The highest BCUT2D eigenvalue weighted by Crippen LogP contribution is 2.31. The number of aryl methyl sites for hydroxylation is 1. The predicted octanol–water partition coefficient (Wildman–Crippen LogP) is 2.36. The smallest absolute Gasteiger partial charge is 0.0674 e. The summed E-state index contributed by atoms with van der Waals surface area (Å²) in [5.41, 5.74) is 10.4. The van der Waals surface area contributed by atoms with Crippen LogP contribution in [0.3, 0.4) is 0 Å². The number of fused-ring (bicyclic) bond motifs is 1. The van der Waals surface area contributed by atoms with Crippen molar-refractivity contribution in [3.8, 4) is 0 Å². The molecule has 2 aromatic heterocycles. The van der Waals surface area contributed by atoms with Gasteiger partial charge in [0.15, 0.2) is 0 Å². The summed E-state index contributed by atoms with van der Waals surface area (Å²) in [7, 11) is 0. The Bertz CT molecular complexity index is 688. The molecule has 96 valence electrons. The molecule has 1 unspecified atom stereocenters.